The van der Waals surface area contributed by atoms with Crippen molar-refractivity contribution in [2.75, 3.05) is 20.3 Å². The number of methoxy groups -OCH3 is 1. The zero-order chi connectivity index (χ0) is 12.1. The normalized spacial score (nSPS) is 10.2. The van der Waals surface area contributed by atoms with Crippen LogP contribution >= 0.6 is 11.6 Å². The molecule has 16 heavy (non-hydrogen) atoms. The fourth-order valence-corrected chi connectivity index (χ4v) is 1.22. The molecule has 1 aromatic rings. The molecule has 0 bridgehead atoms. The second-order valence-electron chi connectivity index (χ2n) is 2.81. The van der Waals surface area contributed by atoms with Crippen LogP contribution in [0.25, 0.3) is 0 Å². The molecular formula is C9H9ClFNO4. The van der Waals surface area contributed by atoms with Gasteiger partial charge in [0.1, 0.15) is 6.61 Å². The zero-order valence-corrected chi connectivity index (χ0v) is 9.16. The summed E-state index contributed by atoms with van der Waals surface area (Å²) in [5.74, 6) is -1.40. The van der Waals surface area contributed by atoms with Crippen molar-refractivity contribution in [3.8, 4) is 5.75 Å². The quantitative estimate of drug-likeness (QED) is 0.457. The van der Waals surface area contributed by atoms with Crippen LogP contribution in [0.4, 0.5) is 10.1 Å². The number of nitrogens with zero attached hydrogens (tertiary/aromatic N) is 1. The third kappa shape index (κ3) is 2.80. The SMILES string of the molecule is COCCOc1c(Cl)ccc([N+](=O)[O-])c1F. The summed E-state index contributed by atoms with van der Waals surface area (Å²) in [6.07, 6.45) is 0. The second-order valence-corrected chi connectivity index (χ2v) is 3.22. The number of nitro benzene ring substituents is 1. The molecule has 0 saturated carbocycles. The fraction of sp³-hybridized carbons (Fsp3) is 0.333. The van der Waals surface area contributed by atoms with Crippen LogP contribution in [-0.4, -0.2) is 25.2 Å². The first-order chi connectivity index (χ1) is 7.57. The lowest BCUT2D eigenvalue weighted by atomic mass is 10.3. The highest BCUT2D eigenvalue weighted by Gasteiger charge is 2.21. The summed E-state index contributed by atoms with van der Waals surface area (Å²) in [6.45, 7) is 0.298. The van der Waals surface area contributed by atoms with Gasteiger partial charge in [0, 0.05) is 13.2 Å². The lowest BCUT2D eigenvalue weighted by Gasteiger charge is -2.08. The zero-order valence-electron chi connectivity index (χ0n) is 8.41. The highest BCUT2D eigenvalue weighted by atomic mass is 35.5. The fourth-order valence-electron chi connectivity index (χ4n) is 1.02. The van der Waals surface area contributed by atoms with Crippen molar-refractivity contribution < 1.29 is 18.8 Å². The molecule has 0 unspecified atom stereocenters. The second kappa shape index (κ2) is 5.62. The summed E-state index contributed by atoms with van der Waals surface area (Å²) in [4.78, 5) is 9.62. The Bertz CT molecular complexity index is 399. The molecule has 0 amide bonds. The van der Waals surface area contributed by atoms with Gasteiger partial charge in [0.15, 0.2) is 5.75 Å². The van der Waals surface area contributed by atoms with Crippen LogP contribution in [0.5, 0.6) is 5.75 Å². The summed E-state index contributed by atoms with van der Waals surface area (Å²) in [7, 11) is 1.45. The van der Waals surface area contributed by atoms with Gasteiger partial charge >= 0.3 is 5.69 Å². The first-order valence-electron chi connectivity index (χ1n) is 4.32. The number of hydrogen-bond acceptors (Lipinski definition) is 4. The molecule has 0 aliphatic rings. The van der Waals surface area contributed by atoms with E-state index in [9.17, 15) is 14.5 Å². The number of hydrogen-bond donors (Lipinski definition) is 0. The third-order valence-corrected chi connectivity index (χ3v) is 2.06. The molecule has 0 radical (unpaired) electrons. The van der Waals surface area contributed by atoms with Crippen molar-refractivity contribution in [3.63, 3.8) is 0 Å². The molecule has 0 saturated heterocycles. The lowest BCUT2D eigenvalue weighted by molar-refractivity contribution is -0.387. The molecule has 88 valence electrons. The number of nitro groups is 1. The Balaban J connectivity index is 2.97. The molecule has 0 atom stereocenters. The largest absolute Gasteiger partial charge is 0.486 e. The van der Waals surface area contributed by atoms with Crippen molar-refractivity contribution in [2.45, 2.75) is 0 Å². The van der Waals surface area contributed by atoms with Crippen LogP contribution in [0.15, 0.2) is 12.1 Å². The Morgan fingerprint density at radius 1 is 1.50 bits per heavy atom. The minimum Gasteiger partial charge on any atom is -0.486 e. The molecule has 7 heteroatoms. The Labute approximate surface area is 95.9 Å². The van der Waals surface area contributed by atoms with E-state index in [1.807, 2.05) is 0 Å². The highest BCUT2D eigenvalue weighted by Crippen LogP contribution is 2.33. The van der Waals surface area contributed by atoms with E-state index in [1.165, 1.54) is 13.2 Å². The summed E-state index contributed by atoms with van der Waals surface area (Å²) in [5, 5.41) is 10.4. The van der Waals surface area contributed by atoms with Crippen molar-refractivity contribution in [1.29, 1.82) is 0 Å². The lowest BCUT2D eigenvalue weighted by Crippen LogP contribution is -2.06. The number of rotatable bonds is 5. The molecule has 0 heterocycles. The van der Waals surface area contributed by atoms with Crippen molar-refractivity contribution in [3.05, 3.63) is 33.1 Å². The van der Waals surface area contributed by atoms with Crippen molar-refractivity contribution in [2.24, 2.45) is 0 Å². The maximum Gasteiger partial charge on any atom is 0.308 e. The van der Waals surface area contributed by atoms with Gasteiger partial charge < -0.3 is 9.47 Å². The van der Waals surface area contributed by atoms with Gasteiger partial charge in [-0.2, -0.15) is 4.39 Å². The van der Waals surface area contributed by atoms with E-state index in [1.54, 1.807) is 0 Å². The van der Waals surface area contributed by atoms with Crippen molar-refractivity contribution >= 4 is 17.3 Å². The first kappa shape index (κ1) is 12.7. The molecule has 0 aliphatic heterocycles. The molecule has 5 nitrogen and oxygen atoms in total. The van der Waals surface area contributed by atoms with E-state index in [0.717, 1.165) is 6.07 Å². The number of ether oxygens (including phenoxy) is 2. The summed E-state index contributed by atoms with van der Waals surface area (Å²) in [6, 6.07) is 2.20. The summed E-state index contributed by atoms with van der Waals surface area (Å²) >= 11 is 5.66. The van der Waals surface area contributed by atoms with E-state index in [0.29, 0.717) is 0 Å². The molecule has 0 aliphatic carbocycles. The summed E-state index contributed by atoms with van der Waals surface area (Å²) in [5.41, 5.74) is -0.670. The van der Waals surface area contributed by atoms with Gasteiger partial charge in [0.05, 0.1) is 16.6 Å². The van der Waals surface area contributed by atoms with Gasteiger partial charge in [-0.3, -0.25) is 10.1 Å². The van der Waals surface area contributed by atoms with Crippen molar-refractivity contribution in [1.82, 2.24) is 0 Å². The van der Waals surface area contributed by atoms with E-state index in [4.69, 9.17) is 21.1 Å². The highest BCUT2D eigenvalue weighted by molar-refractivity contribution is 6.32. The van der Waals surface area contributed by atoms with E-state index in [-0.39, 0.29) is 24.0 Å². The minimum atomic E-state index is -1.08. The molecule has 0 aromatic heterocycles. The average Bonchev–Trinajstić information content (AvgIpc) is 2.22. The molecular weight excluding hydrogens is 241 g/mol. The van der Waals surface area contributed by atoms with Gasteiger partial charge in [-0.1, -0.05) is 11.6 Å². The van der Waals surface area contributed by atoms with Crippen LogP contribution in [-0.2, 0) is 4.74 Å². The maximum atomic E-state index is 13.5. The monoisotopic (exact) mass is 249 g/mol. The molecule has 1 aromatic carbocycles. The standard InChI is InChI=1S/C9H9ClFNO4/c1-15-4-5-16-9-6(10)2-3-7(8(9)11)12(13)14/h2-3H,4-5H2,1H3. The van der Waals surface area contributed by atoms with Gasteiger partial charge in [-0.25, -0.2) is 0 Å². The molecule has 0 fully saturated rings. The first-order valence-corrected chi connectivity index (χ1v) is 4.70. The van der Waals surface area contributed by atoms with E-state index >= 15 is 0 Å². The van der Waals surface area contributed by atoms with E-state index in [2.05, 4.69) is 0 Å². The Hall–Kier alpha value is -1.40. The topological polar surface area (TPSA) is 61.6 Å². The Morgan fingerprint density at radius 2 is 2.19 bits per heavy atom. The molecule has 0 N–H and O–H groups in total. The Kier molecular flexibility index (Phi) is 4.45. The van der Waals surface area contributed by atoms with Gasteiger partial charge in [0.2, 0.25) is 5.82 Å². The smallest absolute Gasteiger partial charge is 0.308 e. The Morgan fingerprint density at radius 3 is 2.75 bits per heavy atom. The maximum absolute atomic E-state index is 13.5. The average molecular weight is 250 g/mol. The predicted molar refractivity (Wildman–Crippen MR) is 55.4 cm³/mol. The molecule has 0 spiro atoms. The third-order valence-electron chi connectivity index (χ3n) is 1.76. The predicted octanol–water partition coefficient (Wildman–Crippen LogP) is 2.41. The van der Waals surface area contributed by atoms with Gasteiger partial charge in [0.25, 0.3) is 0 Å². The van der Waals surface area contributed by atoms with Crippen LogP contribution < -0.4 is 4.74 Å². The van der Waals surface area contributed by atoms with Crippen LogP contribution in [0.3, 0.4) is 0 Å². The van der Waals surface area contributed by atoms with Gasteiger partial charge in [-0.15, -0.1) is 0 Å². The van der Waals surface area contributed by atoms with Crippen LogP contribution in [0.2, 0.25) is 5.02 Å². The van der Waals surface area contributed by atoms with Crippen LogP contribution in [0.1, 0.15) is 0 Å². The van der Waals surface area contributed by atoms with Gasteiger partial charge in [-0.05, 0) is 6.07 Å². The number of benzene rings is 1. The number of halogens is 2. The summed E-state index contributed by atoms with van der Waals surface area (Å²) < 4.78 is 23.2. The van der Waals surface area contributed by atoms with E-state index < -0.39 is 16.4 Å². The molecule has 1 rings (SSSR count). The van der Waals surface area contributed by atoms with Crippen LogP contribution in [0, 0.1) is 15.9 Å². The minimum absolute atomic E-state index is 0.0146.